The van der Waals surface area contributed by atoms with Crippen LogP contribution in [-0.4, -0.2) is 22.2 Å². The van der Waals surface area contributed by atoms with E-state index in [4.69, 9.17) is 5.21 Å². The molecule has 2 N–H and O–H groups in total. The minimum Gasteiger partial charge on any atom is -0.329 e. The number of hydrogen-bond donors (Lipinski definition) is 2. The minimum atomic E-state index is 0.487. The topological polar surface area (TPSA) is 61.3 Å². The fraction of sp³-hybridized carbons (Fsp3) is 0.120. The second kappa shape index (κ2) is 8.35. The molecular weight excluding hydrogens is 372 g/mol. The van der Waals surface area contributed by atoms with E-state index in [1.54, 1.807) is 0 Å². The Bertz CT molecular complexity index is 1180. The maximum atomic E-state index is 8.96. The van der Waals surface area contributed by atoms with E-state index in [2.05, 4.69) is 57.3 Å². The number of hydroxylamine groups is 1. The summed E-state index contributed by atoms with van der Waals surface area (Å²) in [5, 5.41) is 9.99. The lowest BCUT2D eigenvalue weighted by Crippen LogP contribution is -2.13. The van der Waals surface area contributed by atoms with Gasteiger partial charge in [0.2, 0.25) is 0 Å². The molecule has 0 aliphatic rings. The van der Waals surface area contributed by atoms with Crippen LogP contribution in [0.1, 0.15) is 22.5 Å². The summed E-state index contributed by atoms with van der Waals surface area (Å²) in [5.41, 5.74) is 7.88. The van der Waals surface area contributed by atoms with Crippen LogP contribution in [0, 0.1) is 6.92 Å². The highest BCUT2D eigenvalue weighted by Crippen LogP contribution is 2.29. The Hall–Kier alpha value is -3.70. The van der Waals surface area contributed by atoms with Crippen molar-refractivity contribution in [2.24, 2.45) is 0 Å². The van der Waals surface area contributed by atoms with E-state index in [0.717, 1.165) is 40.2 Å². The minimum absolute atomic E-state index is 0.487. The van der Waals surface area contributed by atoms with Gasteiger partial charge in [-0.15, -0.1) is 0 Å². The molecule has 30 heavy (non-hydrogen) atoms. The van der Waals surface area contributed by atoms with Crippen LogP contribution < -0.4 is 10.4 Å². The van der Waals surface area contributed by atoms with E-state index in [-0.39, 0.29) is 0 Å². The Balaban J connectivity index is 1.54. The summed E-state index contributed by atoms with van der Waals surface area (Å²) in [6.07, 6.45) is 0.832. The zero-order valence-corrected chi connectivity index (χ0v) is 17.1. The molecular formula is C25H24N4O. The highest BCUT2D eigenvalue weighted by Gasteiger charge is 2.12. The van der Waals surface area contributed by atoms with Gasteiger partial charge in [-0.25, -0.2) is 9.97 Å². The Morgan fingerprint density at radius 3 is 2.23 bits per heavy atom. The van der Waals surface area contributed by atoms with Gasteiger partial charge in [0, 0.05) is 18.1 Å². The fourth-order valence-electron chi connectivity index (χ4n) is 3.51. The smallest absolute Gasteiger partial charge is 0.144 e. The average Bonchev–Trinajstić information content (AvgIpc) is 2.78. The van der Waals surface area contributed by atoms with Crippen molar-refractivity contribution in [3.63, 3.8) is 0 Å². The third kappa shape index (κ3) is 4.02. The summed E-state index contributed by atoms with van der Waals surface area (Å²) < 4.78 is 0. The van der Waals surface area contributed by atoms with Crippen LogP contribution in [-0.2, 0) is 6.42 Å². The standard InChI is InChI=1S/C25H24N4O/c1-17(28-30)21-12-8-19(9-13-21)16-20-10-14-22(15-11-20)29(3)25-23-6-4-5-7-24(23)26-18(2)27-25/h4-15,28,30H,1,16H2,2-3H3. The first-order chi connectivity index (χ1) is 14.5. The van der Waals surface area contributed by atoms with Crippen LogP contribution in [0.15, 0.2) is 79.4 Å². The number of anilines is 2. The number of rotatable bonds is 6. The number of hydrogen-bond acceptors (Lipinski definition) is 5. The third-order valence-electron chi connectivity index (χ3n) is 5.18. The van der Waals surface area contributed by atoms with Gasteiger partial charge in [-0.05, 0) is 54.3 Å². The molecule has 0 saturated heterocycles. The van der Waals surface area contributed by atoms with Gasteiger partial charge in [0.05, 0.1) is 11.2 Å². The fourth-order valence-corrected chi connectivity index (χ4v) is 3.51. The Morgan fingerprint density at radius 1 is 0.933 bits per heavy atom. The number of nitrogens with one attached hydrogen (secondary N) is 1. The summed E-state index contributed by atoms with van der Waals surface area (Å²) in [6, 6.07) is 24.6. The van der Waals surface area contributed by atoms with Crippen molar-refractivity contribution in [2.45, 2.75) is 13.3 Å². The monoisotopic (exact) mass is 396 g/mol. The van der Waals surface area contributed by atoms with Crippen LogP contribution >= 0.6 is 0 Å². The van der Waals surface area contributed by atoms with Gasteiger partial charge in [-0.1, -0.05) is 55.1 Å². The molecule has 4 rings (SSSR count). The van der Waals surface area contributed by atoms with Gasteiger partial charge in [-0.2, -0.15) is 0 Å². The zero-order valence-electron chi connectivity index (χ0n) is 17.1. The Labute approximate surface area is 176 Å². The molecule has 4 aromatic rings. The first-order valence-corrected chi connectivity index (χ1v) is 9.79. The lowest BCUT2D eigenvalue weighted by atomic mass is 10.0. The average molecular weight is 396 g/mol. The van der Waals surface area contributed by atoms with Gasteiger partial charge in [0.25, 0.3) is 0 Å². The zero-order chi connectivity index (χ0) is 21.1. The molecule has 0 amide bonds. The van der Waals surface area contributed by atoms with Gasteiger partial charge >= 0.3 is 0 Å². The molecule has 0 fully saturated rings. The normalized spacial score (nSPS) is 10.8. The van der Waals surface area contributed by atoms with Crippen molar-refractivity contribution >= 4 is 28.1 Å². The second-order valence-electron chi connectivity index (χ2n) is 7.30. The highest BCUT2D eigenvalue weighted by atomic mass is 16.5. The molecule has 5 nitrogen and oxygen atoms in total. The molecule has 0 aliphatic heterocycles. The molecule has 0 bridgehead atoms. The maximum absolute atomic E-state index is 8.96. The first kappa shape index (κ1) is 19.6. The first-order valence-electron chi connectivity index (χ1n) is 9.79. The van der Waals surface area contributed by atoms with E-state index in [1.807, 2.05) is 56.4 Å². The van der Waals surface area contributed by atoms with Gasteiger partial charge in [-0.3, -0.25) is 10.7 Å². The highest BCUT2D eigenvalue weighted by molar-refractivity contribution is 5.91. The quantitative estimate of drug-likeness (QED) is 0.436. The summed E-state index contributed by atoms with van der Waals surface area (Å²) in [5.74, 6) is 1.66. The summed E-state index contributed by atoms with van der Waals surface area (Å²) >= 11 is 0. The van der Waals surface area contributed by atoms with Gasteiger partial charge < -0.3 is 4.90 Å². The second-order valence-corrected chi connectivity index (χ2v) is 7.30. The van der Waals surface area contributed by atoms with E-state index in [1.165, 1.54) is 11.1 Å². The van der Waals surface area contributed by atoms with Crippen molar-refractivity contribution in [2.75, 3.05) is 11.9 Å². The molecule has 0 unspecified atom stereocenters. The molecule has 1 aromatic heterocycles. The predicted octanol–water partition coefficient (Wildman–Crippen LogP) is 5.25. The lowest BCUT2D eigenvalue weighted by molar-refractivity contribution is 0.225. The van der Waals surface area contributed by atoms with Crippen molar-refractivity contribution in [1.82, 2.24) is 15.4 Å². The van der Waals surface area contributed by atoms with Crippen LogP contribution in [0.25, 0.3) is 16.6 Å². The van der Waals surface area contributed by atoms with Crippen LogP contribution in [0.5, 0.6) is 0 Å². The van der Waals surface area contributed by atoms with Gasteiger partial charge in [0.15, 0.2) is 0 Å². The number of aromatic nitrogens is 2. The molecule has 3 aromatic carbocycles. The summed E-state index contributed by atoms with van der Waals surface area (Å²) in [6.45, 7) is 5.68. The number of fused-ring (bicyclic) bond motifs is 1. The van der Waals surface area contributed by atoms with E-state index >= 15 is 0 Å². The van der Waals surface area contributed by atoms with E-state index < -0.39 is 0 Å². The Kier molecular flexibility index (Phi) is 5.46. The number of aryl methyl sites for hydroxylation is 1. The van der Waals surface area contributed by atoms with Crippen molar-refractivity contribution in [3.05, 3.63) is 102 Å². The molecule has 1 heterocycles. The van der Waals surface area contributed by atoms with Crippen molar-refractivity contribution in [3.8, 4) is 0 Å². The largest absolute Gasteiger partial charge is 0.329 e. The Morgan fingerprint density at radius 2 is 1.57 bits per heavy atom. The molecule has 0 atom stereocenters. The van der Waals surface area contributed by atoms with E-state index in [9.17, 15) is 0 Å². The van der Waals surface area contributed by atoms with E-state index in [0.29, 0.717) is 5.70 Å². The molecule has 0 radical (unpaired) electrons. The molecule has 0 saturated carbocycles. The number of benzene rings is 3. The van der Waals surface area contributed by atoms with Crippen molar-refractivity contribution < 1.29 is 5.21 Å². The molecule has 5 heteroatoms. The molecule has 150 valence electrons. The van der Waals surface area contributed by atoms with Gasteiger partial charge in [0.1, 0.15) is 11.6 Å². The third-order valence-corrected chi connectivity index (χ3v) is 5.18. The number of nitrogens with zero attached hydrogens (tertiary/aromatic N) is 3. The van der Waals surface area contributed by atoms with Crippen LogP contribution in [0.4, 0.5) is 11.5 Å². The molecule has 0 aliphatic carbocycles. The number of para-hydroxylation sites is 1. The maximum Gasteiger partial charge on any atom is 0.144 e. The molecule has 0 spiro atoms. The van der Waals surface area contributed by atoms with Crippen LogP contribution in [0.2, 0.25) is 0 Å². The summed E-state index contributed by atoms with van der Waals surface area (Å²) in [7, 11) is 2.03. The summed E-state index contributed by atoms with van der Waals surface area (Å²) in [4.78, 5) is 11.3. The predicted molar refractivity (Wildman–Crippen MR) is 122 cm³/mol. The van der Waals surface area contributed by atoms with Crippen molar-refractivity contribution in [1.29, 1.82) is 0 Å². The van der Waals surface area contributed by atoms with Crippen LogP contribution in [0.3, 0.4) is 0 Å². The lowest BCUT2D eigenvalue weighted by Gasteiger charge is -2.20. The SMILES string of the molecule is C=C(NO)c1ccc(Cc2ccc(N(C)c3nc(C)nc4ccccc34)cc2)cc1.